The Morgan fingerprint density at radius 1 is 1.04 bits per heavy atom. The van der Waals surface area contributed by atoms with Crippen LogP contribution in [0.25, 0.3) is 33.1 Å². The highest BCUT2D eigenvalue weighted by atomic mass is 16.3. The monoisotopic (exact) mass is 316 g/mol. The van der Waals surface area contributed by atoms with E-state index in [2.05, 4.69) is 0 Å². The number of hydrogen-bond donors (Lipinski definition) is 2. The molecule has 0 unspecified atom stereocenters. The van der Waals surface area contributed by atoms with Crippen LogP contribution in [0.2, 0.25) is 0 Å². The Hall–Kier alpha value is -3.27. The maximum Gasteiger partial charge on any atom is 0.252 e. The van der Waals surface area contributed by atoms with Gasteiger partial charge in [-0.25, -0.2) is 0 Å². The zero-order chi connectivity index (χ0) is 16.8. The summed E-state index contributed by atoms with van der Waals surface area (Å²) in [5, 5.41) is 1.83. The number of primary amides is 1. The molecule has 0 saturated heterocycles. The predicted octanol–water partition coefficient (Wildman–Crippen LogP) is 4.24. The molecular weight excluding hydrogens is 300 g/mol. The fourth-order valence-electron chi connectivity index (χ4n) is 3.07. The van der Waals surface area contributed by atoms with Crippen LogP contribution in [0.15, 0.2) is 59.0 Å². The van der Waals surface area contributed by atoms with Crippen molar-refractivity contribution in [3.63, 3.8) is 0 Å². The number of benzene rings is 3. The van der Waals surface area contributed by atoms with Crippen molar-refractivity contribution in [1.82, 2.24) is 0 Å². The van der Waals surface area contributed by atoms with Crippen molar-refractivity contribution >= 4 is 33.5 Å². The first-order valence-electron chi connectivity index (χ1n) is 7.67. The van der Waals surface area contributed by atoms with Crippen LogP contribution >= 0.6 is 0 Å². The molecule has 24 heavy (non-hydrogen) atoms. The van der Waals surface area contributed by atoms with Gasteiger partial charge in [0, 0.05) is 16.5 Å². The second kappa shape index (κ2) is 5.13. The highest BCUT2D eigenvalue weighted by Gasteiger charge is 2.18. The van der Waals surface area contributed by atoms with E-state index in [1.165, 1.54) is 0 Å². The molecule has 4 N–H and O–H groups in total. The normalized spacial score (nSPS) is 11.2. The van der Waals surface area contributed by atoms with E-state index in [1.54, 1.807) is 6.07 Å². The molecule has 1 amide bonds. The molecule has 0 atom stereocenters. The van der Waals surface area contributed by atoms with Crippen LogP contribution in [0.4, 0.5) is 5.69 Å². The van der Waals surface area contributed by atoms with Crippen LogP contribution in [0.1, 0.15) is 15.9 Å². The van der Waals surface area contributed by atoms with Gasteiger partial charge >= 0.3 is 0 Å². The molecule has 0 fully saturated rings. The van der Waals surface area contributed by atoms with E-state index in [0.29, 0.717) is 11.1 Å². The summed E-state index contributed by atoms with van der Waals surface area (Å²) < 4.78 is 5.93. The third-order valence-electron chi connectivity index (χ3n) is 4.38. The van der Waals surface area contributed by atoms with E-state index >= 15 is 0 Å². The van der Waals surface area contributed by atoms with Gasteiger partial charge in [0.15, 0.2) is 0 Å². The molecule has 1 heterocycles. The first kappa shape index (κ1) is 14.3. The van der Waals surface area contributed by atoms with Gasteiger partial charge < -0.3 is 15.9 Å². The molecule has 4 nitrogen and oxygen atoms in total. The van der Waals surface area contributed by atoms with E-state index in [4.69, 9.17) is 15.9 Å². The summed E-state index contributed by atoms with van der Waals surface area (Å²) in [7, 11) is 0. The molecule has 4 aromatic rings. The van der Waals surface area contributed by atoms with Gasteiger partial charge in [0.25, 0.3) is 5.91 Å². The average molecular weight is 316 g/mol. The molecule has 0 bridgehead atoms. The molecule has 3 aromatic carbocycles. The summed E-state index contributed by atoms with van der Waals surface area (Å²) in [6, 6.07) is 17.3. The van der Waals surface area contributed by atoms with Crippen LogP contribution < -0.4 is 11.5 Å². The largest absolute Gasteiger partial charge is 0.455 e. The fourth-order valence-corrected chi connectivity index (χ4v) is 3.07. The number of para-hydroxylation sites is 1. The van der Waals surface area contributed by atoms with Gasteiger partial charge in [-0.2, -0.15) is 0 Å². The van der Waals surface area contributed by atoms with Gasteiger partial charge in [0.2, 0.25) is 0 Å². The summed E-state index contributed by atoms with van der Waals surface area (Å²) in [5.74, 6) is -0.506. The molecule has 0 saturated carbocycles. The van der Waals surface area contributed by atoms with Crippen molar-refractivity contribution < 1.29 is 9.21 Å². The van der Waals surface area contributed by atoms with Crippen LogP contribution in [-0.2, 0) is 0 Å². The second-order valence-corrected chi connectivity index (χ2v) is 5.90. The second-order valence-electron chi connectivity index (χ2n) is 5.90. The minimum Gasteiger partial charge on any atom is -0.455 e. The number of hydrogen-bond acceptors (Lipinski definition) is 3. The van der Waals surface area contributed by atoms with Crippen molar-refractivity contribution in [2.45, 2.75) is 6.92 Å². The number of aryl methyl sites for hydroxylation is 1. The zero-order valence-electron chi connectivity index (χ0n) is 13.2. The van der Waals surface area contributed by atoms with E-state index in [-0.39, 0.29) is 0 Å². The minimum absolute atomic E-state index is 0.380. The maximum absolute atomic E-state index is 11.8. The number of amides is 1. The molecule has 0 spiro atoms. The van der Waals surface area contributed by atoms with E-state index in [9.17, 15) is 4.79 Å². The molecular formula is C20H16N2O2. The Morgan fingerprint density at radius 3 is 2.58 bits per heavy atom. The van der Waals surface area contributed by atoms with E-state index in [0.717, 1.165) is 38.7 Å². The third kappa shape index (κ3) is 2.04. The smallest absolute Gasteiger partial charge is 0.252 e. The van der Waals surface area contributed by atoms with Gasteiger partial charge in [-0.1, -0.05) is 36.4 Å². The summed E-state index contributed by atoms with van der Waals surface area (Å²) in [6.45, 7) is 1.97. The molecule has 0 aliphatic carbocycles. The molecule has 4 rings (SSSR count). The first-order chi connectivity index (χ1) is 11.6. The molecule has 1 aromatic heterocycles. The SMILES string of the molecule is Cc1ccc(-c2ccc(C(N)=O)c3oc4ccccc4c23)cc1N. The first-order valence-corrected chi connectivity index (χ1v) is 7.67. The molecule has 0 radical (unpaired) electrons. The third-order valence-corrected chi connectivity index (χ3v) is 4.38. The predicted molar refractivity (Wildman–Crippen MR) is 96.8 cm³/mol. The topological polar surface area (TPSA) is 82.2 Å². The maximum atomic E-state index is 11.8. The lowest BCUT2D eigenvalue weighted by molar-refractivity contribution is 0.100. The highest BCUT2D eigenvalue weighted by Crippen LogP contribution is 2.38. The minimum atomic E-state index is -0.506. The number of anilines is 1. The Kier molecular flexibility index (Phi) is 3.06. The Bertz CT molecular complexity index is 1110. The Morgan fingerprint density at radius 2 is 1.83 bits per heavy atom. The quantitative estimate of drug-likeness (QED) is 0.543. The lowest BCUT2D eigenvalue weighted by Crippen LogP contribution is -2.11. The van der Waals surface area contributed by atoms with Gasteiger partial charge in [0.05, 0.1) is 5.56 Å². The summed E-state index contributed by atoms with van der Waals surface area (Å²) in [5.41, 5.74) is 16.9. The lowest BCUT2D eigenvalue weighted by atomic mass is 9.96. The molecule has 118 valence electrons. The van der Waals surface area contributed by atoms with Gasteiger partial charge in [-0.05, 0) is 41.8 Å². The Labute approximate surface area is 138 Å². The van der Waals surface area contributed by atoms with Gasteiger partial charge in [0.1, 0.15) is 11.2 Å². The van der Waals surface area contributed by atoms with Crippen molar-refractivity contribution in [3.05, 3.63) is 65.7 Å². The van der Waals surface area contributed by atoms with Crippen molar-refractivity contribution in [2.24, 2.45) is 5.73 Å². The van der Waals surface area contributed by atoms with Crippen LogP contribution in [-0.4, -0.2) is 5.91 Å². The zero-order valence-corrected chi connectivity index (χ0v) is 13.2. The van der Waals surface area contributed by atoms with Gasteiger partial charge in [-0.15, -0.1) is 0 Å². The molecule has 0 aliphatic heterocycles. The fraction of sp³-hybridized carbons (Fsp3) is 0.0500. The molecule has 0 aliphatic rings. The standard InChI is InChI=1S/C20H16N2O2/c1-11-6-7-12(10-16(11)21)13-8-9-15(20(22)23)19-18(13)14-4-2-3-5-17(14)24-19/h2-10H,21H2,1H3,(H2,22,23). The van der Waals surface area contributed by atoms with Gasteiger partial charge in [-0.3, -0.25) is 4.79 Å². The number of nitrogens with two attached hydrogens (primary N) is 2. The summed E-state index contributed by atoms with van der Waals surface area (Å²) >= 11 is 0. The number of carbonyl (C=O) groups is 1. The number of carbonyl (C=O) groups excluding carboxylic acids is 1. The average Bonchev–Trinajstić information content (AvgIpc) is 2.96. The highest BCUT2D eigenvalue weighted by molar-refractivity contribution is 6.18. The van der Waals surface area contributed by atoms with Crippen molar-refractivity contribution in [3.8, 4) is 11.1 Å². The van der Waals surface area contributed by atoms with E-state index < -0.39 is 5.91 Å². The van der Waals surface area contributed by atoms with Crippen LogP contribution in [0, 0.1) is 6.92 Å². The number of fused-ring (bicyclic) bond motifs is 3. The van der Waals surface area contributed by atoms with Crippen molar-refractivity contribution in [1.29, 1.82) is 0 Å². The summed E-state index contributed by atoms with van der Waals surface area (Å²) in [4.78, 5) is 11.8. The number of nitrogen functional groups attached to an aromatic ring is 1. The van der Waals surface area contributed by atoms with E-state index in [1.807, 2.05) is 55.5 Å². The van der Waals surface area contributed by atoms with Crippen molar-refractivity contribution in [2.75, 3.05) is 5.73 Å². The molecule has 4 heteroatoms. The number of furan rings is 1. The number of rotatable bonds is 2. The Balaban J connectivity index is 2.14. The van der Waals surface area contributed by atoms with Crippen LogP contribution in [0.5, 0.6) is 0 Å². The lowest BCUT2D eigenvalue weighted by Gasteiger charge is -2.08. The summed E-state index contributed by atoms with van der Waals surface area (Å²) in [6.07, 6.45) is 0. The van der Waals surface area contributed by atoms with Crippen LogP contribution in [0.3, 0.4) is 0 Å².